The van der Waals surface area contributed by atoms with Gasteiger partial charge >= 0.3 is 0 Å². The number of carbonyl (C=O) groups is 1. The number of amides is 1. The van der Waals surface area contributed by atoms with Crippen LogP contribution in [-0.4, -0.2) is 34.0 Å². The fraction of sp³-hybridized carbons (Fsp3) is 0.562. The summed E-state index contributed by atoms with van der Waals surface area (Å²) in [6.45, 7) is 9.76. The van der Waals surface area contributed by atoms with Crippen molar-refractivity contribution in [2.75, 3.05) is 13.1 Å². The highest BCUT2D eigenvalue weighted by atomic mass is 16.5. The van der Waals surface area contributed by atoms with Gasteiger partial charge in [0.1, 0.15) is 0 Å². The molecular weight excluding hydrogens is 266 g/mol. The molecule has 5 nitrogen and oxygen atoms in total. The Kier molecular flexibility index (Phi) is 3.43. The Hall–Kier alpha value is -1.91. The summed E-state index contributed by atoms with van der Waals surface area (Å²) in [6.07, 6.45) is 1.18. The minimum atomic E-state index is 0.0650. The average Bonchev–Trinajstić information content (AvgIpc) is 2.77. The summed E-state index contributed by atoms with van der Waals surface area (Å²) < 4.78 is 5.22. The molecule has 0 bridgehead atoms. The van der Waals surface area contributed by atoms with Crippen molar-refractivity contribution < 1.29 is 9.32 Å². The summed E-state index contributed by atoms with van der Waals surface area (Å²) >= 11 is 0. The van der Waals surface area contributed by atoms with Crippen LogP contribution >= 0.6 is 0 Å². The number of aromatic nitrogens is 2. The standard InChI is InChI=1S/C16H21N3O2/c1-9-5-10(2)8-19(7-9)16(20)13-6-11(3)17-15-14(13)12(4)18-21-15/h6,9-10H,5,7-8H2,1-4H3. The molecule has 0 N–H and O–H groups in total. The summed E-state index contributed by atoms with van der Waals surface area (Å²) in [5.41, 5.74) is 2.62. The van der Waals surface area contributed by atoms with Crippen molar-refractivity contribution >= 4 is 17.0 Å². The average molecular weight is 287 g/mol. The van der Waals surface area contributed by atoms with Gasteiger partial charge in [0.15, 0.2) is 0 Å². The van der Waals surface area contributed by atoms with Crippen molar-refractivity contribution in [1.29, 1.82) is 0 Å². The van der Waals surface area contributed by atoms with E-state index in [4.69, 9.17) is 4.52 Å². The Morgan fingerprint density at radius 1 is 1.29 bits per heavy atom. The fourth-order valence-corrected chi connectivity index (χ4v) is 3.39. The first-order valence-corrected chi connectivity index (χ1v) is 7.48. The molecule has 1 fully saturated rings. The van der Waals surface area contributed by atoms with Crippen LogP contribution in [0.5, 0.6) is 0 Å². The fourth-order valence-electron chi connectivity index (χ4n) is 3.39. The Balaban J connectivity index is 2.03. The van der Waals surface area contributed by atoms with Gasteiger partial charge in [0.2, 0.25) is 0 Å². The third kappa shape index (κ3) is 2.52. The van der Waals surface area contributed by atoms with E-state index in [0.717, 1.165) is 29.9 Å². The number of piperidine rings is 1. The van der Waals surface area contributed by atoms with Gasteiger partial charge in [-0.3, -0.25) is 4.79 Å². The molecule has 0 aromatic carbocycles. The molecule has 2 unspecified atom stereocenters. The molecule has 0 aliphatic carbocycles. The van der Waals surface area contributed by atoms with Gasteiger partial charge in [-0.25, -0.2) is 4.98 Å². The van der Waals surface area contributed by atoms with E-state index in [1.807, 2.05) is 24.8 Å². The number of likely N-dealkylation sites (tertiary alicyclic amines) is 1. The topological polar surface area (TPSA) is 59.2 Å². The number of fused-ring (bicyclic) bond motifs is 1. The highest BCUT2D eigenvalue weighted by molar-refractivity contribution is 6.06. The third-order valence-electron chi connectivity index (χ3n) is 4.13. The molecule has 1 amide bonds. The van der Waals surface area contributed by atoms with E-state index in [-0.39, 0.29) is 5.91 Å². The van der Waals surface area contributed by atoms with E-state index in [0.29, 0.717) is 23.1 Å². The molecule has 0 radical (unpaired) electrons. The third-order valence-corrected chi connectivity index (χ3v) is 4.13. The van der Waals surface area contributed by atoms with E-state index in [2.05, 4.69) is 24.0 Å². The largest absolute Gasteiger partial charge is 0.338 e. The van der Waals surface area contributed by atoms with Crippen molar-refractivity contribution in [1.82, 2.24) is 15.0 Å². The lowest BCUT2D eigenvalue weighted by atomic mass is 9.91. The summed E-state index contributed by atoms with van der Waals surface area (Å²) in [5, 5.41) is 4.69. The second kappa shape index (κ2) is 5.13. The molecule has 2 aromatic rings. The molecule has 1 aliphatic rings. The number of carbonyl (C=O) groups excluding carboxylic acids is 1. The maximum absolute atomic E-state index is 12.9. The zero-order valence-corrected chi connectivity index (χ0v) is 13.0. The molecule has 1 saturated heterocycles. The molecule has 21 heavy (non-hydrogen) atoms. The number of hydrogen-bond acceptors (Lipinski definition) is 4. The maximum Gasteiger partial charge on any atom is 0.258 e. The first-order chi connectivity index (χ1) is 9.95. The number of nitrogens with zero attached hydrogens (tertiary/aromatic N) is 3. The maximum atomic E-state index is 12.9. The molecule has 0 spiro atoms. The van der Waals surface area contributed by atoms with Crippen molar-refractivity contribution in [2.45, 2.75) is 34.1 Å². The van der Waals surface area contributed by atoms with Crippen LogP contribution in [0.4, 0.5) is 0 Å². The summed E-state index contributed by atoms with van der Waals surface area (Å²) in [5.74, 6) is 1.15. The highest BCUT2D eigenvalue weighted by Crippen LogP contribution is 2.27. The summed E-state index contributed by atoms with van der Waals surface area (Å²) in [7, 11) is 0. The lowest BCUT2D eigenvalue weighted by molar-refractivity contribution is 0.0625. The van der Waals surface area contributed by atoms with Gasteiger partial charge in [-0.2, -0.15) is 0 Å². The van der Waals surface area contributed by atoms with Crippen molar-refractivity contribution in [3.05, 3.63) is 23.0 Å². The van der Waals surface area contributed by atoms with Crippen LogP contribution in [0.25, 0.3) is 11.1 Å². The molecule has 5 heteroatoms. The van der Waals surface area contributed by atoms with Gasteiger partial charge in [0.25, 0.3) is 11.6 Å². The zero-order chi connectivity index (χ0) is 15.1. The van der Waals surface area contributed by atoms with Crippen LogP contribution in [0.2, 0.25) is 0 Å². The second-order valence-corrected chi connectivity index (χ2v) is 6.42. The smallest absolute Gasteiger partial charge is 0.258 e. The number of rotatable bonds is 1. The molecule has 3 rings (SSSR count). The van der Waals surface area contributed by atoms with Crippen LogP contribution in [0, 0.1) is 25.7 Å². The first-order valence-electron chi connectivity index (χ1n) is 7.48. The van der Waals surface area contributed by atoms with Gasteiger partial charge in [0, 0.05) is 18.8 Å². The molecule has 112 valence electrons. The van der Waals surface area contributed by atoms with Crippen LogP contribution < -0.4 is 0 Å². The first kappa shape index (κ1) is 14.0. The van der Waals surface area contributed by atoms with Crippen LogP contribution in [0.3, 0.4) is 0 Å². The Labute approximate surface area is 124 Å². The van der Waals surface area contributed by atoms with Crippen molar-refractivity contribution in [3.63, 3.8) is 0 Å². The van der Waals surface area contributed by atoms with Gasteiger partial charge in [-0.05, 0) is 38.2 Å². The number of aryl methyl sites for hydroxylation is 2. The van der Waals surface area contributed by atoms with Gasteiger partial charge in [-0.1, -0.05) is 19.0 Å². The molecule has 0 saturated carbocycles. The SMILES string of the molecule is Cc1cc(C(=O)N2CC(C)CC(C)C2)c2c(C)noc2n1. The van der Waals surface area contributed by atoms with Crippen molar-refractivity contribution in [3.8, 4) is 0 Å². The van der Waals surface area contributed by atoms with E-state index in [1.165, 1.54) is 6.42 Å². The normalized spacial score (nSPS) is 22.8. The molecular formula is C16H21N3O2. The molecule has 2 atom stereocenters. The van der Waals surface area contributed by atoms with E-state index >= 15 is 0 Å². The zero-order valence-electron chi connectivity index (χ0n) is 13.0. The Morgan fingerprint density at radius 2 is 1.95 bits per heavy atom. The van der Waals surface area contributed by atoms with Crippen LogP contribution in [0.15, 0.2) is 10.6 Å². The number of pyridine rings is 1. The predicted octanol–water partition coefficient (Wildman–Crippen LogP) is 2.96. The molecule has 1 aliphatic heterocycles. The summed E-state index contributed by atoms with van der Waals surface area (Å²) in [4.78, 5) is 19.2. The highest BCUT2D eigenvalue weighted by Gasteiger charge is 2.28. The van der Waals surface area contributed by atoms with Gasteiger partial charge in [0.05, 0.1) is 16.6 Å². The minimum Gasteiger partial charge on any atom is -0.338 e. The van der Waals surface area contributed by atoms with E-state index in [9.17, 15) is 4.79 Å². The molecule has 2 aromatic heterocycles. The lowest BCUT2D eigenvalue weighted by Crippen LogP contribution is -2.42. The Morgan fingerprint density at radius 3 is 2.62 bits per heavy atom. The summed E-state index contributed by atoms with van der Waals surface area (Å²) in [6, 6.07) is 1.85. The quantitative estimate of drug-likeness (QED) is 0.809. The molecule has 3 heterocycles. The number of hydrogen-bond donors (Lipinski definition) is 0. The van der Waals surface area contributed by atoms with Gasteiger partial charge in [-0.15, -0.1) is 0 Å². The second-order valence-electron chi connectivity index (χ2n) is 6.42. The predicted molar refractivity (Wildman–Crippen MR) is 80.1 cm³/mol. The van der Waals surface area contributed by atoms with Crippen molar-refractivity contribution in [2.24, 2.45) is 11.8 Å². The van der Waals surface area contributed by atoms with Gasteiger partial charge < -0.3 is 9.42 Å². The Bertz CT molecular complexity index is 682. The van der Waals surface area contributed by atoms with Crippen LogP contribution in [-0.2, 0) is 0 Å². The monoisotopic (exact) mass is 287 g/mol. The van der Waals surface area contributed by atoms with E-state index in [1.54, 1.807) is 0 Å². The minimum absolute atomic E-state index is 0.0650. The van der Waals surface area contributed by atoms with Crippen LogP contribution in [0.1, 0.15) is 42.0 Å². The lowest BCUT2D eigenvalue weighted by Gasteiger charge is -2.35. The van der Waals surface area contributed by atoms with E-state index < -0.39 is 0 Å².